The molecule has 0 aliphatic heterocycles. The van der Waals surface area contributed by atoms with E-state index in [2.05, 4.69) is 10.6 Å². The van der Waals surface area contributed by atoms with E-state index in [4.69, 9.17) is 0 Å². The van der Waals surface area contributed by atoms with Crippen LogP contribution in [0.1, 0.15) is 111 Å². The minimum absolute atomic E-state index is 0.267. The molecule has 7 heteroatoms. The van der Waals surface area contributed by atoms with Crippen LogP contribution in [0, 0.1) is 0 Å². The number of amides is 2. The van der Waals surface area contributed by atoms with Crippen LogP contribution in [0.3, 0.4) is 0 Å². The van der Waals surface area contributed by atoms with Gasteiger partial charge in [0.1, 0.15) is 0 Å². The lowest BCUT2D eigenvalue weighted by atomic mass is 10.0. The molecule has 0 unspecified atom stereocenters. The van der Waals surface area contributed by atoms with Crippen LogP contribution in [0.25, 0.3) is 0 Å². The second-order valence-electron chi connectivity index (χ2n) is 9.61. The molecule has 0 saturated heterocycles. The van der Waals surface area contributed by atoms with Gasteiger partial charge in [-0.1, -0.05) is 88.8 Å². The van der Waals surface area contributed by atoms with Gasteiger partial charge in [-0.3, -0.25) is 14.9 Å². The van der Waals surface area contributed by atoms with E-state index in [1.807, 2.05) is 18.2 Å². The zero-order valence-corrected chi connectivity index (χ0v) is 21.8. The summed E-state index contributed by atoms with van der Waals surface area (Å²) in [6, 6.07) is 15.8. The molecule has 0 saturated carbocycles. The van der Waals surface area contributed by atoms with E-state index in [1.54, 1.807) is 36.4 Å². The summed E-state index contributed by atoms with van der Waals surface area (Å²) in [4.78, 5) is 24.4. The second kappa shape index (κ2) is 17.6. The van der Waals surface area contributed by atoms with Crippen LogP contribution in [0.4, 0.5) is 18.9 Å². The standard InChI is InChI=1S/C30H41F3N2O2/c31-30(32,33)23-15-10-8-6-4-2-1-3-5-7-9-11-16-24-34-27-21-19-26(20-22-27)29(37)35-28(36)25-17-13-12-14-18-25/h12-14,17-22,34H,1-11,15-16,23-24H2,(H,35,36,37). The Balaban J connectivity index is 1.42. The lowest BCUT2D eigenvalue weighted by molar-refractivity contribution is -0.135. The summed E-state index contributed by atoms with van der Waals surface area (Å²) in [5.41, 5.74) is 1.84. The van der Waals surface area contributed by atoms with Gasteiger partial charge in [0.05, 0.1) is 0 Å². The number of nitrogens with one attached hydrogen (secondary N) is 2. The third-order valence-corrected chi connectivity index (χ3v) is 6.38. The summed E-state index contributed by atoms with van der Waals surface area (Å²) in [6.07, 6.45) is 9.02. The van der Waals surface area contributed by atoms with Gasteiger partial charge < -0.3 is 5.32 Å². The number of hydrogen-bond donors (Lipinski definition) is 2. The number of anilines is 1. The fourth-order valence-corrected chi connectivity index (χ4v) is 4.20. The van der Waals surface area contributed by atoms with Crippen LogP contribution < -0.4 is 10.6 Å². The van der Waals surface area contributed by atoms with Crippen molar-refractivity contribution in [1.82, 2.24) is 5.32 Å². The van der Waals surface area contributed by atoms with Gasteiger partial charge in [-0.25, -0.2) is 0 Å². The quantitative estimate of drug-likeness (QED) is 0.153. The maximum atomic E-state index is 12.3. The molecule has 2 N–H and O–H groups in total. The predicted molar refractivity (Wildman–Crippen MR) is 144 cm³/mol. The number of rotatable bonds is 18. The Hall–Kier alpha value is -2.83. The number of halogens is 3. The molecule has 4 nitrogen and oxygen atoms in total. The highest BCUT2D eigenvalue weighted by Crippen LogP contribution is 2.23. The summed E-state index contributed by atoms with van der Waals surface area (Å²) >= 11 is 0. The van der Waals surface area contributed by atoms with Crippen LogP contribution in [0.5, 0.6) is 0 Å². The van der Waals surface area contributed by atoms with E-state index < -0.39 is 24.4 Å². The molecule has 2 amide bonds. The number of carbonyl (C=O) groups excluding carboxylic acids is 2. The maximum Gasteiger partial charge on any atom is 0.389 e. The topological polar surface area (TPSA) is 58.2 Å². The molecule has 0 spiro atoms. The average Bonchev–Trinajstić information content (AvgIpc) is 2.88. The van der Waals surface area contributed by atoms with Crippen LogP contribution in [0.2, 0.25) is 0 Å². The van der Waals surface area contributed by atoms with Gasteiger partial charge >= 0.3 is 6.18 Å². The van der Waals surface area contributed by atoms with Gasteiger partial charge in [0.25, 0.3) is 11.8 Å². The molecular weight excluding hydrogens is 477 g/mol. The average molecular weight is 519 g/mol. The molecule has 0 atom stereocenters. The van der Waals surface area contributed by atoms with Crippen LogP contribution >= 0.6 is 0 Å². The molecule has 37 heavy (non-hydrogen) atoms. The number of alkyl halides is 3. The smallest absolute Gasteiger partial charge is 0.385 e. The minimum Gasteiger partial charge on any atom is -0.385 e. The highest BCUT2D eigenvalue weighted by Gasteiger charge is 2.25. The van der Waals surface area contributed by atoms with Crippen molar-refractivity contribution >= 4 is 17.5 Å². The van der Waals surface area contributed by atoms with Gasteiger partial charge in [0.15, 0.2) is 0 Å². The Labute approximate surface area is 219 Å². The van der Waals surface area contributed by atoms with Crippen LogP contribution in [-0.4, -0.2) is 24.5 Å². The Kier molecular flexibility index (Phi) is 14.5. The molecule has 0 aliphatic carbocycles. The summed E-state index contributed by atoms with van der Waals surface area (Å²) in [6.45, 7) is 0.876. The van der Waals surface area contributed by atoms with E-state index in [1.165, 1.54) is 44.9 Å². The molecule has 2 aromatic carbocycles. The lowest BCUT2D eigenvalue weighted by Gasteiger charge is -2.08. The summed E-state index contributed by atoms with van der Waals surface area (Å²) in [5, 5.41) is 5.78. The summed E-state index contributed by atoms with van der Waals surface area (Å²) in [5.74, 6) is -0.829. The van der Waals surface area contributed by atoms with Gasteiger partial charge in [-0.15, -0.1) is 0 Å². The van der Waals surface area contributed by atoms with Crippen molar-refractivity contribution in [3.05, 3.63) is 65.7 Å². The number of imide groups is 1. The second-order valence-corrected chi connectivity index (χ2v) is 9.61. The maximum absolute atomic E-state index is 12.3. The molecule has 204 valence electrons. The van der Waals surface area contributed by atoms with E-state index in [0.29, 0.717) is 17.5 Å². The van der Waals surface area contributed by atoms with Gasteiger partial charge in [0, 0.05) is 29.8 Å². The Morgan fingerprint density at radius 2 is 1.00 bits per heavy atom. The van der Waals surface area contributed by atoms with Crippen molar-refractivity contribution in [2.24, 2.45) is 0 Å². The number of carbonyl (C=O) groups is 2. The summed E-state index contributed by atoms with van der Waals surface area (Å²) < 4.78 is 36.2. The molecular formula is C30H41F3N2O2. The molecule has 0 radical (unpaired) electrons. The molecule has 0 heterocycles. The lowest BCUT2D eigenvalue weighted by Crippen LogP contribution is -2.30. The minimum atomic E-state index is -4.00. The van der Waals surface area contributed by atoms with Crippen molar-refractivity contribution in [2.75, 3.05) is 11.9 Å². The van der Waals surface area contributed by atoms with E-state index >= 15 is 0 Å². The Morgan fingerprint density at radius 1 is 0.568 bits per heavy atom. The predicted octanol–water partition coefficient (Wildman–Crippen LogP) is 8.69. The monoisotopic (exact) mass is 518 g/mol. The van der Waals surface area contributed by atoms with Gasteiger partial charge in [-0.2, -0.15) is 13.2 Å². The van der Waals surface area contributed by atoms with E-state index in [-0.39, 0.29) is 6.42 Å². The SMILES string of the molecule is O=C(NC(=O)c1ccc(NCCCCCCCCCCCCCCCC(F)(F)F)cc1)c1ccccc1. The van der Waals surface area contributed by atoms with E-state index in [0.717, 1.165) is 37.9 Å². The highest BCUT2D eigenvalue weighted by molar-refractivity contribution is 6.10. The normalized spacial score (nSPS) is 11.3. The third-order valence-electron chi connectivity index (χ3n) is 6.38. The molecule has 0 aromatic heterocycles. The fraction of sp³-hybridized carbons (Fsp3) is 0.533. The van der Waals surface area contributed by atoms with Crippen molar-refractivity contribution < 1.29 is 22.8 Å². The first-order valence-electron chi connectivity index (χ1n) is 13.7. The van der Waals surface area contributed by atoms with Gasteiger partial charge in [0.2, 0.25) is 0 Å². The molecule has 0 bridgehead atoms. The van der Waals surface area contributed by atoms with Crippen molar-refractivity contribution in [3.63, 3.8) is 0 Å². The third kappa shape index (κ3) is 14.5. The van der Waals surface area contributed by atoms with Crippen LogP contribution in [0.15, 0.2) is 54.6 Å². The zero-order valence-electron chi connectivity index (χ0n) is 21.8. The number of unbranched alkanes of at least 4 members (excludes halogenated alkanes) is 12. The fourth-order valence-electron chi connectivity index (χ4n) is 4.20. The van der Waals surface area contributed by atoms with E-state index in [9.17, 15) is 22.8 Å². The van der Waals surface area contributed by atoms with Crippen molar-refractivity contribution in [2.45, 2.75) is 96.1 Å². The van der Waals surface area contributed by atoms with Crippen LogP contribution in [-0.2, 0) is 0 Å². The molecule has 2 aromatic rings. The summed E-state index contributed by atoms with van der Waals surface area (Å²) in [7, 11) is 0. The first kappa shape index (κ1) is 30.4. The highest BCUT2D eigenvalue weighted by atomic mass is 19.4. The van der Waals surface area contributed by atoms with Crippen molar-refractivity contribution in [1.29, 1.82) is 0 Å². The number of hydrogen-bond acceptors (Lipinski definition) is 3. The first-order valence-corrected chi connectivity index (χ1v) is 13.7. The Bertz CT molecular complexity index is 899. The molecule has 0 aliphatic rings. The number of benzene rings is 2. The molecule has 0 fully saturated rings. The Morgan fingerprint density at radius 3 is 1.49 bits per heavy atom. The molecule has 2 rings (SSSR count). The largest absolute Gasteiger partial charge is 0.389 e. The van der Waals surface area contributed by atoms with Gasteiger partial charge in [-0.05, 0) is 49.2 Å². The first-order chi connectivity index (χ1) is 17.8. The van der Waals surface area contributed by atoms with Crippen molar-refractivity contribution in [3.8, 4) is 0 Å². The zero-order chi connectivity index (χ0) is 26.8.